The summed E-state index contributed by atoms with van der Waals surface area (Å²) in [5.41, 5.74) is 0.536. The van der Waals surface area contributed by atoms with E-state index in [0.717, 1.165) is 25.3 Å². The summed E-state index contributed by atoms with van der Waals surface area (Å²) in [5.74, 6) is 0. The van der Waals surface area contributed by atoms with Gasteiger partial charge >= 0.3 is 0 Å². The van der Waals surface area contributed by atoms with Crippen LogP contribution in [0.3, 0.4) is 0 Å². The summed E-state index contributed by atoms with van der Waals surface area (Å²) >= 11 is 0. The lowest BCUT2D eigenvalue weighted by molar-refractivity contribution is 0.0884. The standard InChI is InChI=1S/C23H52O2Si2/c1-14-22(8,21(6,7)19-20(3,4)5)27(12,13)25-23(9,15-2)26(10,11)18-16-17-24/h24H,14-19H2,1-13H3. The van der Waals surface area contributed by atoms with Crippen molar-refractivity contribution in [3.63, 3.8) is 0 Å². The summed E-state index contributed by atoms with van der Waals surface area (Å²) in [5, 5.41) is 9.54. The third-order valence-electron chi connectivity index (χ3n) is 8.05. The zero-order valence-corrected chi connectivity index (χ0v) is 23.1. The maximum Gasteiger partial charge on any atom is 0.193 e. The van der Waals surface area contributed by atoms with Crippen molar-refractivity contribution >= 4 is 16.4 Å². The van der Waals surface area contributed by atoms with E-state index >= 15 is 0 Å². The van der Waals surface area contributed by atoms with Crippen LogP contribution in [0.15, 0.2) is 0 Å². The second kappa shape index (κ2) is 9.01. The van der Waals surface area contributed by atoms with Gasteiger partial charge in [0.1, 0.15) is 0 Å². The molecule has 0 aromatic carbocycles. The van der Waals surface area contributed by atoms with E-state index in [4.69, 9.17) is 4.43 Å². The van der Waals surface area contributed by atoms with Crippen LogP contribution in [-0.4, -0.2) is 33.3 Å². The quantitative estimate of drug-likeness (QED) is 0.351. The summed E-state index contributed by atoms with van der Waals surface area (Å²) in [7, 11) is -3.66. The van der Waals surface area contributed by atoms with Crippen LogP contribution in [0.5, 0.6) is 0 Å². The Labute approximate surface area is 174 Å². The molecule has 0 fully saturated rings. The third kappa shape index (κ3) is 6.16. The maximum atomic E-state index is 9.37. The van der Waals surface area contributed by atoms with Crippen LogP contribution in [0.25, 0.3) is 0 Å². The molecule has 0 amide bonds. The summed E-state index contributed by atoms with van der Waals surface area (Å²) in [6, 6.07) is 1.13. The Morgan fingerprint density at radius 3 is 1.63 bits per heavy atom. The van der Waals surface area contributed by atoms with E-state index < -0.39 is 16.4 Å². The highest BCUT2D eigenvalue weighted by molar-refractivity contribution is 6.82. The van der Waals surface area contributed by atoms with E-state index in [-0.39, 0.29) is 15.7 Å². The molecule has 0 radical (unpaired) electrons. The van der Waals surface area contributed by atoms with Crippen molar-refractivity contribution in [2.75, 3.05) is 6.61 Å². The zero-order chi connectivity index (χ0) is 21.9. The van der Waals surface area contributed by atoms with Crippen LogP contribution in [0.2, 0.25) is 37.3 Å². The van der Waals surface area contributed by atoms with Gasteiger partial charge in [-0.15, -0.1) is 0 Å². The van der Waals surface area contributed by atoms with Crippen LogP contribution in [-0.2, 0) is 4.43 Å². The van der Waals surface area contributed by atoms with E-state index in [1.807, 2.05) is 0 Å². The predicted molar refractivity (Wildman–Crippen MR) is 128 cm³/mol. The number of rotatable bonds is 11. The third-order valence-corrected chi connectivity index (χ3v) is 17.8. The number of aliphatic hydroxyl groups excluding tert-OH is 1. The first kappa shape index (κ1) is 27.4. The van der Waals surface area contributed by atoms with Crippen molar-refractivity contribution in [1.29, 1.82) is 0 Å². The monoisotopic (exact) mass is 416 g/mol. The fourth-order valence-electron chi connectivity index (χ4n) is 5.39. The molecule has 0 bridgehead atoms. The Balaban J connectivity index is 5.97. The minimum absolute atomic E-state index is 0.0356. The molecule has 0 heterocycles. The molecule has 27 heavy (non-hydrogen) atoms. The Bertz CT molecular complexity index is 465. The van der Waals surface area contributed by atoms with E-state index in [2.05, 4.69) is 88.5 Å². The summed E-state index contributed by atoms with van der Waals surface area (Å²) < 4.78 is 7.31. The van der Waals surface area contributed by atoms with Gasteiger partial charge in [-0.3, -0.25) is 0 Å². The largest absolute Gasteiger partial charge is 0.414 e. The zero-order valence-electron chi connectivity index (χ0n) is 21.1. The SMILES string of the molecule is CCC(C)(O[Si](C)(C)C(C)(CC)C(C)(C)CC(C)(C)C)[Si](C)(C)CCCO. The summed E-state index contributed by atoms with van der Waals surface area (Å²) in [4.78, 5) is 0. The molecule has 0 saturated heterocycles. The Morgan fingerprint density at radius 2 is 1.30 bits per heavy atom. The molecule has 0 saturated carbocycles. The molecule has 0 aromatic rings. The molecule has 0 aromatic heterocycles. The van der Waals surface area contributed by atoms with Crippen LogP contribution in [0.1, 0.15) is 88.0 Å². The second-order valence-corrected chi connectivity index (χ2v) is 21.9. The normalized spacial score (nSPS) is 18.9. The molecule has 164 valence electrons. The van der Waals surface area contributed by atoms with Crippen LogP contribution < -0.4 is 0 Å². The summed E-state index contributed by atoms with van der Waals surface area (Å²) in [6.45, 7) is 31.7. The molecule has 0 aliphatic heterocycles. The maximum absolute atomic E-state index is 9.37. The first-order chi connectivity index (χ1) is 11.8. The van der Waals surface area contributed by atoms with Gasteiger partial charge in [0.25, 0.3) is 0 Å². The average molecular weight is 417 g/mol. The van der Waals surface area contributed by atoms with Crippen LogP contribution >= 0.6 is 0 Å². The minimum Gasteiger partial charge on any atom is -0.414 e. The highest BCUT2D eigenvalue weighted by atomic mass is 28.4. The van der Waals surface area contributed by atoms with Gasteiger partial charge < -0.3 is 9.53 Å². The van der Waals surface area contributed by atoms with Gasteiger partial charge in [-0.05, 0) is 55.1 Å². The highest BCUT2D eigenvalue weighted by Crippen LogP contribution is 2.60. The van der Waals surface area contributed by atoms with Crippen molar-refractivity contribution in [3.8, 4) is 0 Å². The first-order valence-corrected chi connectivity index (χ1v) is 17.3. The van der Waals surface area contributed by atoms with Gasteiger partial charge in [0.2, 0.25) is 0 Å². The van der Waals surface area contributed by atoms with Gasteiger partial charge in [0, 0.05) is 11.8 Å². The molecule has 0 aliphatic rings. The van der Waals surface area contributed by atoms with Crippen molar-refractivity contribution < 1.29 is 9.53 Å². The Morgan fingerprint density at radius 1 is 0.815 bits per heavy atom. The Hall–Kier alpha value is 0.354. The van der Waals surface area contributed by atoms with Gasteiger partial charge in [-0.1, -0.05) is 80.9 Å². The molecule has 2 nitrogen and oxygen atoms in total. The molecule has 0 aliphatic carbocycles. The summed E-state index contributed by atoms with van der Waals surface area (Å²) in [6.07, 6.45) is 4.33. The lowest BCUT2D eigenvalue weighted by atomic mass is 9.68. The van der Waals surface area contributed by atoms with Gasteiger partial charge in [-0.25, -0.2) is 0 Å². The van der Waals surface area contributed by atoms with E-state index in [1.165, 1.54) is 6.42 Å². The van der Waals surface area contributed by atoms with Gasteiger partial charge in [-0.2, -0.15) is 0 Å². The smallest absolute Gasteiger partial charge is 0.193 e. The van der Waals surface area contributed by atoms with E-state index in [1.54, 1.807) is 0 Å². The van der Waals surface area contributed by atoms with Gasteiger partial charge in [0.15, 0.2) is 8.32 Å². The van der Waals surface area contributed by atoms with Crippen molar-refractivity contribution in [1.82, 2.24) is 0 Å². The molecule has 1 N–H and O–H groups in total. The second-order valence-electron chi connectivity index (χ2n) is 12.2. The van der Waals surface area contributed by atoms with Crippen LogP contribution in [0.4, 0.5) is 0 Å². The number of hydrogen-bond acceptors (Lipinski definition) is 2. The number of aliphatic hydroxyl groups is 1. The molecule has 4 heteroatoms. The average Bonchev–Trinajstić information content (AvgIpc) is 2.48. The topological polar surface area (TPSA) is 29.5 Å². The van der Waals surface area contributed by atoms with Crippen molar-refractivity contribution in [3.05, 3.63) is 0 Å². The fourth-order valence-corrected chi connectivity index (χ4v) is 13.9. The predicted octanol–water partition coefficient (Wildman–Crippen LogP) is 7.64. The molecule has 2 unspecified atom stereocenters. The molecule has 0 spiro atoms. The van der Waals surface area contributed by atoms with E-state index in [0.29, 0.717) is 12.0 Å². The van der Waals surface area contributed by atoms with Crippen molar-refractivity contribution in [2.45, 2.75) is 130 Å². The van der Waals surface area contributed by atoms with Gasteiger partial charge in [0.05, 0.1) is 8.07 Å². The first-order valence-electron chi connectivity index (χ1n) is 11.2. The fraction of sp³-hybridized carbons (Fsp3) is 1.00. The Kier molecular flexibility index (Phi) is 9.13. The van der Waals surface area contributed by atoms with Crippen LogP contribution in [0, 0.1) is 10.8 Å². The molecular formula is C23H52O2Si2. The molecule has 2 atom stereocenters. The van der Waals surface area contributed by atoms with Crippen molar-refractivity contribution in [2.24, 2.45) is 10.8 Å². The minimum atomic E-state index is -2.03. The lowest BCUT2D eigenvalue weighted by Crippen LogP contribution is -2.62. The highest BCUT2D eigenvalue weighted by Gasteiger charge is 2.57. The number of hydrogen-bond donors (Lipinski definition) is 1. The molecular weight excluding hydrogens is 364 g/mol. The van der Waals surface area contributed by atoms with E-state index in [9.17, 15) is 5.11 Å². The molecule has 0 rings (SSSR count). The lowest BCUT2D eigenvalue weighted by Gasteiger charge is -2.58.